The van der Waals surface area contributed by atoms with Crippen LogP contribution < -0.4 is 5.32 Å². The number of nitrogens with zero attached hydrogens (tertiary/aromatic N) is 2. The molecule has 1 aromatic heterocycles. The second-order valence-corrected chi connectivity index (χ2v) is 7.64. The molecule has 24 heavy (non-hydrogen) atoms. The van der Waals surface area contributed by atoms with Crippen molar-refractivity contribution in [3.05, 3.63) is 40.9 Å². The van der Waals surface area contributed by atoms with Crippen LogP contribution in [0.4, 0.5) is 10.8 Å². The number of rotatable bonds is 5. The fourth-order valence-corrected chi connectivity index (χ4v) is 4.72. The van der Waals surface area contributed by atoms with Gasteiger partial charge in [0.15, 0.2) is 5.13 Å². The van der Waals surface area contributed by atoms with E-state index in [0.717, 1.165) is 42.3 Å². The maximum Gasteiger partial charge on any atom is 0.308 e. The fraction of sp³-hybridized carbons (Fsp3) is 0.444. The van der Waals surface area contributed by atoms with Crippen molar-refractivity contribution in [3.63, 3.8) is 0 Å². The minimum atomic E-state index is -0.646. The molecule has 0 saturated carbocycles. The molecule has 2 fully saturated rings. The Kier molecular flexibility index (Phi) is 4.02. The Morgan fingerprint density at radius 3 is 2.88 bits per heavy atom. The van der Waals surface area contributed by atoms with Crippen LogP contribution in [-0.2, 0) is 11.3 Å². The van der Waals surface area contributed by atoms with Crippen LogP contribution in [0.1, 0.15) is 30.5 Å². The van der Waals surface area contributed by atoms with Crippen molar-refractivity contribution < 1.29 is 9.90 Å². The van der Waals surface area contributed by atoms with Gasteiger partial charge in [0.1, 0.15) is 0 Å². The van der Waals surface area contributed by atoms with Gasteiger partial charge in [0, 0.05) is 29.7 Å². The number of carbonyl (C=O) groups is 1. The van der Waals surface area contributed by atoms with Gasteiger partial charge in [0.25, 0.3) is 0 Å². The van der Waals surface area contributed by atoms with Gasteiger partial charge in [-0.05, 0) is 38.3 Å². The van der Waals surface area contributed by atoms with Gasteiger partial charge in [0.2, 0.25) is 0 Å². The van der Waals surface area contributed by atoms with Crippen LogP contribution in [0.2, 0.25) is 0 Å². The summed E-state index contributed by atoms with van der Waals surface area (Å²) in [5.41, 5.74) is 3.30. The van der Waals surface area contributed by atoms with Crippen molar-refractivity contribution in [2.75, 3.05) is 5.32 Å². The first-order valence-electron chi connectivity index (χ1n) is 8.37. The smallest absolute Gasteiger partial charge is 0.308 e. The number of anilines is 2. The van der Waals surface area contributed by atoms with E-state index in [-0.39, 0.29) is 12.0 Å². The molecule has 0 spiro atoms. The van der Waals surface area contributed by atoms with E-state index >= 15 is 0 Å². The van der Waals surface area contributed by atoms with Gasteiger partial charge >= 0.3 is 5.97 Å². The lowest BCUT2D eigenvalue weighted by Gasteiger charge is -2.21. The average Bonchev–Trinajstić information content (AvgIpc) is 3.26. The van der Waals surface area contributed by atoms with E-state index in [9.17, 15) is 9.90 Å². The van der Waals surface area contributed by atoms with E-state index in [1.165, 1.54) is 5.56 Å². The Bertz CT molecular complexity index is 743. The van der Waals surface area contributed by atoms with Crippen LogP contribution in [0.25, 0.3) is 0 Å². The lowest BCUT2D eigenvalue weighted by Crippen LogP contribution is -2.32. The van der Waals surface area contributed by atoms with Gasteiger partial charge in [-0.1, -0.05) is 17.7 Å². The Morgan fingerprint density at radius 1 is 1.38 bits per heavy atom. The van der Waals surface area contributed by atoms with Gasteiger partial charge in [-0.2, -0.15) is 0 Å². The summed E-state index contributed by atoms with van der Waals surface area (Å²) in [6.07, 6.45) is 2.91. The SMILES string of the molecule is Cc1ccc(Nc2nc(CN3C4CCC3C(C(=O)O)C4)cs2)cc1. The zero-order valence-electron chi connectivity index (χ0n) is 13.6. The highest BCUT2D eigenvalue weighted by molar-refractivity contribution is 7.13. The van der Waals surface area contributed by atoms with Crippen LogP contribution in [0, 0.1) is 12.8 Å². The first kappa shape index (κ1) is 15.6. The second-order valence-electron chi connectivity index (χ2n) is 6.79. The summed E-state index contributed by atoms with van der Waals surface area (Å²) < 4.78 is 0. The minimum Gasteiger partial charge on any atom is -0.481 e. The number of hydrogen-bond donors (Lipinski definition) is 2. The number of carboxylic acid groups (broad SMARTS) is 1. The summed E-state index contributed by atoms with van der Waals surface area (Å²) in [4.78, 5) is 18.4. The third-order valence-electron chi connectivity index (χ3n) is 5.20. The van der Waals surface area contributed by atoms with Crippen LogP contribution >= 0.6 is 11.3 Å². The Labute approximate surface area is 145 Å². The normalized spacial score (nSPS) is 26.0. The first-order valence-corrected chi connectivity index (χ1v) is 9.25. The summed E-state index contributed by atoms with van der Waals surface area (Å²) in [5, 5.41) is 15.7. The highest BCUT2D eigenvalue weighted by atomic mass is 32.1. The van der Waals surface area contributed by atoms with Crippen molar-refractivity contribution >= 4 is 28.1 Å². The molecule has 2 aromatic rings. The standard InChI is InChI=1S/C18H21N3O2S/c1-11-2-4-12(5-3-11)19-18-20-13(10-24-18)9-21-14-6-7-16(21)15(8-14)17(22)23/h2-5,10,14-16H,6-9H2,1H3,(H,19,20)(H,22,23). The molecule has 2 aliphatic heterocycles. The average molecular weight is 343 g/mol. The molecule has 2 bridgehead atoms. The highest BCUT2D eigenvalue weighted by Crippen LogP contribution is 2.42. The number of carboxylic acids is 1. The monoisotopic (exact) mass is 343 g/mol. The third-order valence-corrected chi connectivity index (χ3v) is 6.00. The van der Waals surface area contributed by atoms with E-state index < -0.39 is 5.97 Å². The molecular formula is C18H21N3O2S. The second kappa shape index (κ2) is 6.18. The zero-order chi connectivity index (χ0) is 16.7. The molecule has 3 atom stereocenters. The number of fused-ring (bicyclic) bond motifs is 2. The molecule has 1 aromatic carbocycles. The molecule has 0 amide bonds. The number of benzene rings is 1. The quantitative estimate of drug-likeness (QED) is 0.868. The number of aromatic nitrogens is 1. The number of hydrogen-bond acceptors (Lipinski definition) is 5. The van der Waals surface area contributed by atoms with Gasteiger partial charge in [-0.25, -0.2) is 4.98 Å². The van der Waals surface area contributed by atoms with Crippen molar-refractivity contribution in [3.8, 4) is 0 Å². The maximum atomic E-state index is 11.4. The van der Waals surface area contributed by atoms with E-state index in [0.29, 0.717) is 6.04 Å². The van der Waals surface area contributed by atoms with E-state index in [4.69, 9.17) is 0 Å². The summed E-state index contributed by atoms with van der Waals surface area (Å²) in [6.45, 7) is 2.82. The number of nitrogens with one attached hydrogen (secondary N) is 1. The Hall–Kier alpha value is -1.92. The van der Waals surface area contributed by atoms with Gasteiger partial charge < -0.3 is 10.4 Å². The summed E-state index contributed by atoms with van der Waals surface area (Å²) in [7, 11) is 0. The molecular weight excluding hydrogens is 322 g/mol. The van der Waals surface area contributed by atoms with Gasteiger partial charge in [0.05, 0.1) is 11.6 Å². The molecule has 2 saturated heterocycles. The topological polar surface area (TPSA) is 65.5 Å². The molecule has 126 valence electrons. The Balaban J connectivity index is 1.42. The highest BCUT2D eigenvalue weighted by Gasteiger charge is 2.49. The minimum absolute atomic E-state index is 0.183. The molecule has 2 aliphatic rings. The number of aryl methyl sites for hydroxylation is 1. The molecule has 4 rings (SSSR count). The maximum absolute atomic E-state index is 11.4. The van der Waals surface area contributed by atoms with Crippen molar-refractivity contribution in [2.24, 2.45) is 5.92 Å². The molecule has 0 aliphatic carbocycles. The molecule has 5 nitrogen and oxygen atoms in total. The van der Waals surface area contributed by atoms with Gasteiger partial charge in [-0.15, -0.1) is 11.3 Å². The molecule has 3 heterocycles. The van der Waals surface area contributed by atoms with Crippen LogP contribution in [-0.4, -0.2) is 33.0 Å². The van der Waals surface area contributed by atoms with E-state index in [1.54, 1.807) is 11.3 Å². The van der Waals surface area contributed by atoms with Crippen molar-refractivity contribution in [2.45, 2.75) is 44.8 Å². The number of aliphatic carboxylic acids is 1. The van der Waals surface area contributed by atoms with Gasteiger partial charge in [-0.3, -0.25) is 9.69 Å². The van der Waals surface area contributed by atoms with Crippen LogP contribution in [0.3, 0.4) is 0 Å². The zero-order valence-corrected chi connectivity index (χ0v) is 14.4. The van der Waals surface area contributed by atoms with Crippen molar-refractivity contribution in [1.29, 1.82) is 0 Å². The largest absolute Gasteiger partial charge is 0.481 e. The van der Waals surface area contributed by atoms with Crippen LogP contribution in [0.5, 0.6) is 0 Å². The van der Waals surface area contributed by atoms with E-state index in [1.807, 2.05) is 0 Å². The van der Waals surface area contributed by atoms with Crippen LogP contribution in [0.15, 0.2) is 29.6 Å². The lowest BCUT2D eigenvalue weighted by atomic mass is 9.89. The van der Waals surface area contributed by atoms with E-state index in [2.05, 4.69) is 51.8 Å². The summed E-state index contributed by atoms with van der Waals surface area (Å²) >= 11 is 1.60. The lowest BCUT2D eigenvalue weighted by molar-refractivity contribution is -0.142. The molecule has 2 N–H and O–H groups in total. The molecule has 3 unspecified atom stereocenters. The molecule has 0 radical (unpaired) electrons. The summed E-state index contributed by atoms with van der Waals surface area (Å²) in [5.74, 6) is -0.847. The summed E-state index contributed by atoms with van der Waals surface area (Å²) in [6, 6.07) is 8.84. The van der Waals surface area contributed by atoms with Crippen molar-refractivity contribution in [1.82, 2.24) is 9.88 Å². The molecule has 6 heteroatoms. The first-order chi connectivity index (χ1) is 11.6. The fourth-order valence-electron chi connectivity index (χ4n) is 4.00. The third kappa shape index (κ3) is 2.91. The predicted molar refractivity (Wildman–Crippen MR) is 94.7 cm³/mol. The predicted octanol–water partition coefficient (Wildman–Crippen LogP) is 3.63. The number of thiazole rings is 1. The Morgan fingerprint density at radius 2 is 2.17 bits per heavy atom.